The zero-order valence-corrected chi connectivity index (χ0v) is 20.6. The van der Waals surface area contributed by atoms with Crippen molar-refractivity contribution in [2.75, 3.05) is 24.4 Å². The van der Waals surface area contributed by atoms with Crippen LogP contribution in [0.2, 0.25) is 0 Å². The fraction of sp³-hybridized carbons (Fsp3) is 0.412. The molecule has 3 atom stereocenters. The summed E-state index contributed by atoms with van der Waals surface area (Å²) in [5, 5.41) is 25.0. The highest BCUT2D eigenvalue weighted by Gasteiger charge is 2.66. The average Bonchev–Trinajstić information content (AvgIpc) is 3.47. The number of aryl methyl sites for hydroxylation is 1. The summed E-state index contributed by atoms with van der Waals surface area (Å²) in [5.41, 5.74) is -1.34. The van der Waals surface area contributed by atoms with Crippen molar-refractivity contribution in [1.82, 2.24) is 30.4 Å². The van der Waals surface area contributed by atoms with Gasteiger partial charge in [0, 0.05) is 25.7 Å². The van der Waals surface area contributed by atoms with E-state index in [4.69, 9.17) is 4.74 Å². The van der Waals surface area contributed by atoms with Gasteiger partial charge in [-0.2, -0.15) is 0 Å². The lowest BCUT2D eigenvalue weighted by Gasteiger charge is -2.55. The molecule has 4 rings (SSSR count). The van der Waals surface area contributed by atoms with Crippen molar-refractivity contribution >= 4 is 63.4 Å². The van der Waals surface area contributed by atoms with Crippen LogP contribution in [-0.4, -0.2) is 87.7 Å². The molecule has 16 heteroatoms. The lowest BCUT2D eigenvalue weighted by Crippen LogP contribution is -2.80. The minimum atomic E-state index is -1.73. The molecule has 4 heterocycles. The number of nitrogens with one attached hydrogen (secondary N) is 1. The Morgan fingerprint density at radius 1 is 1.48 bits per heavy atom. The normalized spacial score (nSPS) is 23.2. The highest BCUT2D eigenvalue weighted by molar-refractivity contribution is 8.01. The quantitative estimate of drug-likeness (QED) is 0.253. The molecule has 0 bridgehead atoms. The van der Waals surface area contributed by atoms with Crippen molar-refractivity contribution in [2.45, 2.75) is 20.5 Å². The van der Waals surface area contributed by atoms with E-state index in [0.29, 0.717) is 20.7 Å². The molecule has 2 aromatic heterocycles. The molecular formula is C17H18N6O6S4. The third kappa shape index (κ3) is 4.32. The Balaban J connectivity index is 1.50. The van der Waals surface area contributed by atoms with Gasteiger partial charge in [0.05, 0.1) is 15.0 Å². The second kappa shape index (κ2) is 9.54. The first-order chi connectivity index (χ1) is 15.8. The summed E-state index contributed by atoms with van der Waals surface area (Å²) in [4.78, 5) is 38.8. The molecule has 1 unspecified atom stereocenters. The number of hydrogen-bond donors (Lipinski definition) is 2. The fourth-order valence-electron chi connectivity index (χ4n) is 3.38. The molecule has 2 aliphatic heterocycles. The number of carboxylic acid groups (broad SMARTS) is 1. The number of thiophene rings is 1. The van der Waals surface area contributed by atoms with Crippen LogP contribution in [0.5, 0.6) is 0 Å². The number of aromatic nitrogens is 4. The number of tetrazole rings is 1. The largest absolute Gasteiger partial charge is 0.477 e. The maximum absolute atomic E-state index is 13.1. The van der Waals surface area contributed by atoms with Gasteiger partial charge in [-0.05, 0) is 27.4 Å². The van der Waals surface area contributed by atoms with E-state index >= 15 is 0 Å². The van der Waals surface area contributed by atoms with Crippen molar-refractivity contribution < 1.29 is 28.4 Å². The molecule has 12 nitrogen and oxygen atoms in total. The molecule has 0 saturated carbocycles. The van der Waals surface area contributed by atoms with E-state index in [0.717, 1.165) is 4.90 Å². The second-order valence-corrected chi connectivity index (χ2v) is 11.5. The van der Waals surface area contributed by atoms with E-state index in [2.05, 4.69) is 20.8 Å². The van der Waals surface area contributed by atoms with Crippen molar-refractivity contribution in [1.29, 1.82) is 0 Å². The van der Waals surface area contributed by atoms with Gasteiger partial charge in [0.25, 0.3) is 11.6 Å². The molecule has 1 saturated heterocycles. The zero-order valence-electron chi connectivity index (χ0n) is 17.3. The maximum Gasteiger partial charge on any atom is 0.352 e. The Morgan fingerprint density at radius 2 is 2.27 bits per heavy atom. The number of β-lactam (4-membered cyclic amide) rings is 1. The topological polar surface area (TPSA) is 157 Å². The first-order valence-corrected chi connectivity index (χ1v) is 13.6. The summed E-state index contributed by atoms with van der Waals surface area (Å²) in [5.74, 6) is -2.35. The van der Waals surface area contributed by atoms with Gasteiger partial charge in [0.1, 0.15) is 16.8 Å². The van der Waals surface area contributed by atoms with Crippen LogP contribution >= 0.6 is 34.9 Å². The summed E-state index contributed by atoms with van der Waals surface area (Å²) in [6.45, 7) is 0. The van der Waals surface area contributed by atoms with Crippen molar-refractivity contribution in [2.24, 2.45) is 7.05 Å². The lowest BCUT2D eigenvalue weighted by atomic mass is 9.98. The Bertz CT molecular complexity index is 1150. The summed E-state index contributed by atoms with van der Waals surface area (Å²) in [6.07, 6.45) is 0. The van der Waals surface area contributed by atoms with Crippen molar-refractivity contribution in [3.8, 4) is 0 Å². The molecule has 1 fully saturated rings. The number of carboxylic acids is 1. The predicted molar refractivity (Wildman–Crippen MR) is 121 cm³/mol. The van der Waals surface area contributed by atoms with Gasteiger partial charge in [0.2, 0.25) is 11.1 Å². The van der Waals surface area contributed by atoms with E-state index in [1.165, 1.54) is 46.7 Å². The van der Waals surface area contributed by atoms with Gasteiger partial charge < -0.3 is 15.2 Å². The molecule has 2 aliphatic rings. The van der Waals surface area contributed by atoms with Crippen LogP contribution in [0, 0.1) is 0 Å². The summed E-state index contributed by atoms with van der Waals surface area (Å²) in [7, 11) is 1.37. The molecule has 2 aromatic rings. The van der Waals surface area contributed by atoms with Gasteiger partial charge in [-0.15, -0.1) is 28.2 Å². The van der Waals surface area contributed by atoms with Crippen LogP contribution in [0.3, 0.4) is 0 Å². The SMILES string of the molecule is CO[C@@]1(NC(=O)CS(=O)c2cccs2)C(=O)N2C(C(=O)O)=C(CSc3nnnn3C)CS[C@H]21. The van der Waals surface area contributed by atoms with Crippen LogP contribution in [0.4, 0.5) is 0 Å². The Labute approximate surface area is 202 Å². The van der Waals surface area contributed by atoms with Gasteiger partial charge in [0.15, 0.2) is 0 Å². The average molecular weight is 531 g/mol. The first kappa shape index (κ1) is 23.9. The van der Waals surface area contributed by atoms with Crippen molar-refractivity contribution in [3.05, 3.63) is 28.8 Å². The van der Waals surface area contributed by atoms with Gasteiger partial charge in [-0.25, -0.2) is 9.48 Å². The summed E-state index contributed by atoms with van der Waals surface area (Å²) >= 11 is 3.79. The number of thioether (sulfide) groups is 2. The zero-order chi connectivity index (χ0) is 23.8. The monoisotopic (exact) mass is 530 g/mol. The number of rotatable bonds is 9. The number of aliphatic carboxylic acids is 1. The van der Waals surface area contributed by atoms with Gasteiger partial charge in [-0.3, -0.25) is 18.7 Å². The van der Waals surface area contributed by atoms with E-state index in [-0.39, 0.29) is 17.2 Å². The molecular weight excluding hydrogens is 512 g/mol. The second-order valence-electron chi connectivity index (χ2n) is 6.88. The Morgan fingerprint density at radius 3 is 2.88 bits per heavy atom. The third-order valence-electron chi connectivity index (χ3n) is 4.90. The molecule has 0 radical (unpaired) electrons. The van der Waals surface area contributed by atoms with Gasteiger partial charge in [-0.1, -0.05) is 17.8 Å². The standard InChI is InChI=1S/C17H18N6O6S4/c1-22-16(19-20-21-22)32-7-9-6-31-15-17(29-2,14(27)23(15)12(9)13(25)26)18-10(24)8-33(28)11-4-3-5-30-11/h3-5,15H,6-8H2,1-2H3,(H,18,24)(H,25,26)/t15-,17-,33?/m0/s1. The molecule has 2 N–H and O–H groups in total. The maximum atomic E-state index is 13.1. The number of amides is 2. The van der Waals surface area contributed by atoms with Crippen LogP contribution in [0.1, 0.15) is 0 Å². The minimum absolute atomic E-state index is 0.143. The van der Waals surface area contributed by atoms with E-state index in [1.807, 2.05) is 0 Å². The third-order valence-corrected chi connectivity index (χ3v) is 9.99. The lowest BCUT2D eigenvalue weighted by molar-refractivity contribution is -0.192. The smallest absolute Gasteiger partial charge is 0.352 e. The highest BCUT2D eigenvalue weighted by atomic mass is 32.2. The van der Waals surface area contributed by atoms with Crippen LogP contribution < -0.4 is 5.32 Å². The Kier molecular flexibility index (Phi) is 6.90. The number of hydrogen-bond acceptors (Lipinski definition) is 11. The number of fused-ring (bicyclic) bond motifs is 1. The summed E-state index contributed by atoms with van der Waals surface area (Å²) < 4.78 is 19.8. The fourth-order valence-corrected chi connectivity index (χ4v) is 7.71. The molecule has 176 valence electrons. The number of ether oxygens (including phenoxy) is 1. The van der Waals surface area contributed by atoms with Crippen LogP contribution in [0.25, 0.3) is 0 Å². The van der Waals surface area contributed by atoms with Crippen LogP contribution in [-0.2, 0) is 37.0 Å². The number of methoxy groups -OCH3 is 1. The highest BCUT2D eigenvalue weighted by Crippen LogP contribution is 2.47. The van der Waals surface area contributed by atoms with E-state index in [1.54, 1.807) is 24.6 Å². The molecule has 0 aliphatic carbocycles. The van der Waals surface area contributed by atoms with E-state index < -0.39 is 39.7 Å². The van der Waals surface area contributed by atoms with Crippen molar-refractivity contribution in [3.63, 3.8) is 0 Å². The van der Waals surface area contributed by atoms with Crippen LogP contribution in [0.15, 0.2) is 38.1 Å². The Hall–Kier alpha value is -2.27. The number of nitrogens with zero attached hydrogens (tertiary/aromatic N) is 5. The number of carbonyl (C=O) groups is 3. The number of carbonyl (C=O) groups excluding carboxylic acids is 2. The first-order valence-electron chi connectivity index (χ1n) is 9.32. The minimum Gasteiger partial charge on any atom is -0.477 e. The molecule has 0 aromatic carbocycles. The predicted octanol–water partition coefficient (Wildman–Crippen LogP) is -0.116. The molecule has 33 heavy (non-hydrogen) atoms. The molecule has 2 amide bonds. The molecule has 0 spiro atoms. The van der Waals surface area contributed by atoms with Gasteiger partial charge >= 0.3 is 5.97 Å². The van der Waals surface area contributed by atoms with E-state index in [9.17, 15) is 23.7 Å². The summed E-state index contributed by atoms with van der Waals surface area (Å²) in [6, 6.07) is 3.39.